The molecule has 0 aromatic heterocycles. The summed E-state index contributed by atoms with van der Waals surface area (Å²) in [6, 6.07) is -5.22. The Hall–Kier alpha value is -2.73. The number of aliphatic hydroxyl groups excluding tert-OH is 1. The summed E-state index contributed by atoms with van der Waals surface area (Å²) in [6.07, 6.45) is 0.0466. The van der Waals surface area contributed by atoms with Crippen molar-refractivity contribution in [2.75, 3.05) is 6.61 Å². The molecular weight excluding hydrogens is 412 g/mol. The normalized spacial score (nSPS) is 15.8. The lowest BCUT2D eigenvalue weighted by Gasteiger charge is -2.27. The van der Waals surface area contributed by atoms with Gasteiger partial charge in [-0.05, 0) is 18.3 Å². The van der Waals surface area contributed by atoms with Crippen LogP contribution in [0.1, 0.15) is 47.0 Å². The fraction of sp³-hybridized carbons (Fsp3) is 0.737. The van der Waals surface area contributed by atoms with Crippen LogP contribution in [-0.2, 0) is 24.0 Å². The number of hydrogen-bond acceptors (Lipinski definition) is 7. The van der Waals surface area contributed by atoms with Gasteiger partial charge in [-0.2, -0.15) is 0 Å². The molecule has 178 valence electrons. The van der Waals surface area contributed by atoms with Gasteiger partial charge in [0.25, 0.3) is 0 Å². The molecule has 12 heteroatoms. The van der Waals surface area contributed by atoms with Gasteiger partial charge in [-0.1, -0.05) is 34.1 Å². The third-order valence-corrected chi connectivity index (χ3v) is 4.66. The predicted molar refractivity (Wildman–Crippen MR) is 110 cm³/mol. The molecule has 5 unspecified atom stereocenters. The van der Waals surface area contributed by atoms with E-state index in [1.807, 2.05) is 19.2 Å². The minimum Gasteiger partial charge on any atom is -0.481 e. The summed E-state index contributed by atoms with van der Waals surface area (Å²) < 4.78 is 0. The summed E-state index contributed by atoms with van der Waals surface area (Å²) in [5, 5.41) is 33.8. The van der Waals surface area contributed by atoms with E-state index in [1.165, 1.54) is 0 Å². The molecule has 5 atom stereocenters. The van der Waals surface area contributed by atoms with Crippen LogP contribution in [0.25, 0.3) is 0 Å². The van der Waals surface area contributed by atoms with Gasteiger partial charge >= 0.3 is 11.9 Å². The average Bonchev–Trinajstić information content (AvgIpc) is 2.67. The summed E-state index contributed by atoms with van der Waals surface area (Å²) in [4.78, 5) is 59.6. The number of aliphatic carboxylic acids is 2. The van der Waals surface area contributed by atoms with Crippen molar-refractivity contribution in [2.45, 2.75) is 71.1 Å². The minimum absolute atomic E-state index is 0.147. The fourth-order valence-corrected chi connectivity index (χ4v) is 2.68. The van der Waals surface area contributed by atoms with Crippen LogP contribution in [-0.4, -0.2) is 75.8 Å². The van der Waals surface area contributed by atoms with E-state index in [1.54, 1.807) is 13.8 Å². The smallest absolute Gasteiger partial charge is 0.328 e. The first-order valence-corrected chi connectivity index (χ1v) is 10.1. The zero-order valence-corrected chi connectivity index (χ0v) is 18.3. The molecule has 8 N–H and O–H groups in total. The molecule has 0 rings (SSSR count). The highest BCUT2D eigenvalue weighted by molar-refractivity contribution is 5.95. The van der Waals surface area contributed by atoms with E-state index in [-0.39, 0.29) is 11.8 Å². The fourth-order valence-electron chi connectivity index (χ4n) is 2.68. The molecule has 0 saturated carbocycles. The van der Waals surface area contributed by atoms with Crippen LogP contribution in [0.15, 0.2) is 0 Å². The van der Waals surface area contributed by atoms with E-state index in [2.05, 4.69) is 10.6 Å². The Labute approximate surface area is 180 Å². The first kappa shape index (κ1) is 28.3. The SMILES string of the molecule is CCC(C)C(NC(=O)C(N)CC(C)C)C(=O)NC(CC(=O)O)C(=O)NC(CO)C(=O)O. The third kappa shape index (κ3) is 10.2. The lowest BCUT2D eigenvalue weighted by atomic mass is 9.96. The van der Waals surface area contributed by atoms with Gasteiger partial charge in [0.15, 0.2) is 0 Å². The average molecular weight is 447 g/mol. The maximum atomic E-state index is 12.8. The van der Waals surface area contributed by atoms with E-state index < -0.39 is 66.9 Å². The van der Waals surface area contributed by atoms with Gasteiger partial charge in [-0.3, -0.25) is 19.2 Å². The number of carbonyl (C=O) groups is 5. The van der Waals surface area contributed by atoms with Crippen molar-refractivity contribution in [3.63, 3.8) is 0 Å². The van der Waals surface area contributed by atoms with Crippen LogP contribution in [0.3, 0.4) is 0 Å². The van der Waals surface area contributed by atoms with Crippen molar-refractivity contribution < 1.29 is 39.3 Å². The minimum atomic E-state index is -1.67. The molecule has 0 bridgehead atoms. The van der Waals surface area contributed by atoms with Crippen molar-refractivity contribution in [3.8, 4) is 0 Å². The molecule has 12 nitrogen and oxygen atoms in total. The molecule has 0 aliphatic heterocycles. The van der Waals surface area contributed by atoms with E-state index >= 15 is 0 Å². The molecule has 0 spiro atoms. The lowest BCUT2D eigenvalue weighted by Crippen LogP contribution is -2.59. The largest absolute Gasteiger partial charge is 0.481 e. The van der Waals surface area contributed by atoms with Crippen molar-refractivity contribution in [1.82, 2.24) is 16.0 Å². The number of rotatable bonds is 14. The van der Waals surface area contributed by atoms with Gasteiger partial charge in [-0.25, -0.2) is 4.79 Å². The van der Waals surface area contributed by atoms with Crippen molar-refractivity contribution in [2.24, 2.45) is 17.6 Å². The Morgan fingerprint density at radius 1 is 0.871 bits per heavy atom. The zero-order chi connectivity index (χ0) is 24.3. The van der Waals surface area contributed by atoms with Crippen LogP contribution in [0.5, 0.6) is 0 Å². The second-order valence-electron chi connectivity index (χ2n) is 7.85. The molecular formula is C19H34N4O8. The lowest BCUT2D eigenvalue weighted by molar-refractivity contribution is -0.144. The molecule has 0 aliphatic rings. The first-order chi connectivity index (χ1) is 14.3. The van der Waals surface area contributed by atoms with Crippen molar-refractivity contribution in [3.05, 3.63) is 0 Å². The summed E-state index contributed by atoms with van der Waals surface area (Å²) in [5.74, 6) is -5.62. The number of nitrogens with two attached hydrogens (primary N) is 1. The maximum absolute atomic E-state index is 12.8. The van der Waals surface area contributed by atoms with Crippen LogP contribution in [0.2, 0.25) is 0 Å². The zero-order valence-electron chi connectivity index (χ0n) is 18.3. The van der Waals surface area contributed by atoms with E-state index in [0.29, 0.717) is 12.8 Å². The number of nitrogens with one attached hydrogen (secondary N) is 3. The molecule has 0 aromatic carbocycles. The standard InChI is InChI=1S/C19H34N4O8/c1-5-10(4)15(23-16(27)11(20)6-9(2)3)18(29)21-12(7-14(25)26)17(28)22-13(8-24)19(30)31/h9-13,15,24H,5-8,20H2,1-4H3,(H,21,29)(H,22,28)(H,23,27)(H,25,26)(H,30,31). The van der Waals surface area contributed by atoms with Gasteiger partial charge in [0, 0.05) is 0 Å². The Kier molecular flexibility index (Phi) is 12.4. The van der Waals surface area contributed by atoms with Crippen LogP contribution in [0.4, 0.5) is 0 Å². The Balaban J connectivity index is 5.49. The summed E-state index contributed by atoms with van der Waals surface area (Å²) >= 11 is 0. The predicted octanol–water partition coefficient (Wildman–Crippen LogP) is -1.59. The highest BCUT2D eigenvalue weighted by Crippen LogP contribution is 2.11. The van der Waals surface area contributed by atoms with Crippen LogP contribution >= 0.6 is 0 Å². The number of aliphatic hydroxyl groups is 1. The second-order valence-corrected chi connectivity index (χ2v) is 7.85. The van der Waals surface area contributed by atoms with Crippen LogP contribution < -0.4 is 21.7 Å². The molecule has 0 aliphatic carbocycles. The summed E-state index contributed by atoms with van der Waals surface area (Å²) in [6.45, 7) is 6.33. The Morgan fingerprint density at radius 2 is 1.42 bits per heavy atom. The molecule has 0 radical (unpaired) electrons. The number of carboxylic acids is 2. The summed E-state index contributed by atoms with van der Waals surface area (Å²) in [7, 11) is 0. The molecule has 0 fully saturated rings. The third-order valence-electron chi connectivity index (χ3n) is 4.66. The summed E-state index contributed by atoms with van der Waals surface area (Å²) in [5.41, 5.74) is 5.86. The van der Waals surface area contributed by atoms with Crippen molar-refractivity contribution in [1.29, 1.82) is 0 Å². The quantitative estimate of drug-likeness (QED) is 0.164. The highest BCUT2D eigenvalue weighted by Gasteiger charge is 2.33. The van der Waals surface area contributed by atoms with Crippen molar-refractivity contribution >= 4 is 29.7 Å². The van der Waals surface area contributed by atoms with Gasteiger partial charge in [0.2, 0.25) is 17.7 Å². The van der Waals surface area contributed by atoms with E-state index in [9.17, 15) is 24.0 Å². The number of carbonyl (C=O) groups excluding carboxylic acids is 3. The molecule has 0 heterocycles. The molecule has 0 saturated heterocycles. The highest BCUT2D eigenvalue weighted by atomic mass is 16.4. The number of hydrogen-bond donors (Lipinski definition) is 7. The number of carboxylic acid groups (broad SMARTS) is 2. The monoisotopic (exact) mass is 446 g/mol. The van der Waals surface area contributed by atoms with E-state index in [4.69, 9.17) is 21.1 Å². The van der Waals surface area contributed by atoms with Gasteiger partial charge in [0.1, 0.15) is 18.1 Å². The van der Waals surface area contributed by atoms with Crippen LogP contribution in [0, 0.1) is 11.8 Å². The molecule has 31 heavy (non-hydrogen) atoms. The van der Waals surface area contributed by atoms with E-state index in [0.717, 1.165) is 0 Å². The second kappa shape index (κ2) is 13.5. The Morgan fingerprint density at radius 3 is 1.84 bits per heavy atom. The first-order valence-electron chi connectivity index (χ1n) is 10.1. The molecule has 0 aromatic rings. The topological polar surface area (TPSA) is 208 Å². The molecule has 3 amide bonds. The van der Waals surface area contributed by atoms with Gasteiger partial charge in [-0.15, -0.1) is 0 Å². The Bertz CT molecular complexity index is 655. The maximum Gasteiger partial charge on any atom is 0.328 e. The van der Waals surface area contributed by atoms with Gasteiger partial charge in [0.05, 0.1) is 19.1 Å². The van der Waals surface area contributed by atoms with Gasteiger partial charge < -0.3 is 37.0 Å². The number of amides is 3.